The number of hydrazine groups is 1. The van der Waals surface area contributed by atoms with Crippen LogP contribution >= 0.6 is 11.6 Å². The first-order valence-corrected chi connectivity index (χ1v) is 4.41. The number of benzene rings is 1. The van der Waals surface area contributed by atoms with Gasteiger partial charge in [-0.05, 0) is 11.6 Å². The number of alkyl halides is 4. The van der Waals surface area contributed by atoms with Crippen LogP contribution in [0.25, 0.3) is 0 Å². The maximum absolute atomic E-state index is 11.9. The molecule has 0 bridgehead atoms. The number of hydrogen-bond donors (Lipinski definition) is 2. The van der Waals surface area contributed by atoms with Crippen LogP contribution in [0.15, 0.2) is 18.2 Å². The minimum Gasteiger partial charge on any atom is -0.406 e. The van der Waals surface area contributed by atoms with Crippen molar-refractivity contribution in [3.05, 3.63) is 23.8 Å². The quantitative estimate of drug-likeness (QED) is 0.485. The van der Waals surface area contributed by atoms with E-state index in [2.05, 4.69) is 10.2 Å². The van der Waals surface area contributed by atoms with E-state index in [9.17, 15) is 13.2 Å². The molecule has 0 atom stereocenters. The molecule has 0 saturated carbocycles. The summed E-state index contributed by atoms with van der Waals surface area (Å²) in [4.78, 5) is 0. The van der Waals surface area contributed by atoms with Gasteiger partial charge in [-0.15, -0.1) is 24.8 Å². The number of hydrogen-bond acceptors (Lipinski definition) is 3. The van der Waals surface area contributed by atoms with Gasteiger partial charge in [0.2, 0.25) is 0 Å². The van der Waals surface area contributed by atoms with Gasteiger partial charge in [-0.25, -0.2) is 0 Å². The molecule has 7 heteroatoms. The first-order chi connectivity index (χ1) is 6.96. The molecule has 3 N–H and O–H groups in total. The normalized spacial score (nSPS) is 11.3. The summed E-state index contributed by atoms with van der Waals surface area (Å²) >= 11 is 5.54. The number of nitrogens with one attached hydrogen (secondary N) is 1. The number of halogens is 4. The van der Waals surface area contributed by atoms with E-state index in [0.29, 0.717) is 11.3 Å². The van der Waals surface area contributed by atoms with Gasteiger partial charge < -0.3 is 10.2 Å². The Bertz CT molecular complexity index is 343. The molecule has 0 aliphatic rings. The van der Waals surface area contributed by atoms with E-state index in [1.54, 1.807) is 0 Å². The van der Waals surface area contributed by atoms with Crippen LogP contribution in [0.3, 0.4) is 0 Å². The van der Waals surface area contributed by atoms with E-state index in [4.69, 9.17) is 17.4 Å². The number of rotatable bonds is 3. The van der Waals surface area contributed by atoms with Crippen molar-refractivity contribution in [2.45, 2.75) is 12.2 Å². The Morgan fingerprint density at radius 2 is 2.07 bits per heavy atom. The molecule has 0 unspecified atom stereocenters. The molecule has 0 radical (unpaired) electrons. The molecule has 15 heavy (non-hydrogen) atoms. The Morgan fingerprint density at radius 1 is 1.40 bits per heavy atom. The van der Waals surface area contributed by atoms with Crippen LogP contribution in [0.4, 0.5) is 18.9 Å². The van der Waals surface area contributed by atoms with Gasteiger partial charge in [0, 0.05) is 11.9 Å². The minimum atomic E-state index is -4.71. The van der Waals surface area contributed by atoms with Crippen LogP contribution in [0.2, 0.25) is 0 Å². The Balaban J connectivity index is 2.93. The zero-order valence-corrected chi connectivity index (χ0v) is 8.19. The van der Waals surface area contributed by atoms with Gasteiger partial charge in [-0.3, -0.25) is 5.84 Å². The summed E-state index contributed by atoms with van der Waals surface area (Å²) in [6, 6.07) is 3.71. The molecular weight excluding hydrogens is 233 g/mol. The molecule has 0 fully saturated rings. The molecule has 84 valence electrons. The predicted octanol–water partition coefficient (Wildman–Crippen LogP) is 2.61. The van der Waals surface area contributed by atoms with Crippen molar-refractivity contribution >= 4 is 17.3 Å². The molecule has 0 saturated heterocycles. The molecule has 1 aromatic rings. The SMILES string of the molecule is NNc1cc(OC(F)(F)F)ccc1CCl. The highest BCUT2D eigenvalue weighted by Crippen LogP contribution is 2.27. The molecule has 0 aliphatic carbocycles. The van der Waals surface area contributed by atoms with Gasteiger partial charge in [0.15, 0.2) is 0 Å². The monoisotopic (exact) mass is 240 g/mol. The second-order valence-corrected chi connectivity index (χ2v) is 2.91. The second kappa shape index (κ2) is 4.59. The van der Waals surface area contributed by atoms with E-state index < -0.39 is 6.36 Å². The summed E-state index contributed by atoms with van der Waals surface area (Å²) < 4.78 is 39.3. The van der Waals surface area contributed by atoms with Crippen molar-refractivity contribution in [3.63, 3.8) is 0 Å². The second-order valence-electron chi connectivity index (χ2n) is 2.64. The molecular formula is C8H8ClF3N2O. The maximum atomic E-state index is 11.9. The minimum absolute atomic E-state index is 0.145. The Kier molecular flexibility index (Phi) is 3.65. The van der Waals surface area contributed by atoms with Gasteiger partial charge in [0.1, 0.15) is 5.75 Å². The van der Waals surface area contributed by atoms with Gasteiger partial charge in [-0.2, -0.15) is 0 Å². The van der Waals surface area contributed by atoms with Gasteiger partial charge in [-0.1, -0.05) is 6.07 Å². The molecule has 1 aromatic carbocycles. The third-order valence-electron chi connectivity index (χ3n) is 1.61. The van der Waals surface area contributed by atoms with Crippen LogP contribution in [0.1, 0.15) is 5.56 Å². The summed E-state index contributed by atoms with van der Waals surface area (Å²) in [5.74, 6) is 4.91. The average Bonchev–Trinajstić information content (AvgIpc) is 2.15. The first kappa shape index (κ1) is 11.9. The van der Waals surface area contributed by atoms with E-state index in [0.717, 1.165) is 6.07 Å². The molecule has 0 spiro atoms. The van der Waals surface area contributed by atoms with E-state index in [1.165, 1.54) is 12.1 Å². The Hall–Kier alpha value is -1.14. The maximum Gasteiger partial charge on any atom is 0.573 e. The largest absolute Gasteiger partial charge is 0.573 e. The third-order valence-corrected chi connectivity index (χ3v) is 1.90. The molecule has 0 aromatic heterocycles. The van der Waals surface area contributed by atoms with Crippen molar-refractivity contribution in [1.82, 2.24) is 0 Å². The van der Waals surface area contributed by atoms with E-state index in [1.807, 2.05) is 0 Å². The number of nitrogen functional groups attached to an aromatic ring is 1. The van der Waals surface area contributed by atoms with Crippen LogP contribution in [-0.2, 0) is 5.88 Å². The number of nitrogens with two attached hydrogens (primary N) is 1. The third kappa shape index (κ3) is 3.49. The summed E-state index contributed by atoms with van der Waals surface area (Å²) in [6.45, 7) is 0. The lowest BCUT2D eigenvalue weighted by atomic mass is 10.2. The number of anilines is 1. The highest BCUT2D eigenvalue weighted by Gasteiger charge is 2.31. The topological polar surface area (TPSA) is 47.3 Å². The smallest absolute Gasteiger partial charge is 0.406 e. The van der Waals surface area contributed by atoms with E-state index >= 15 is 0 Å². The van der Waals surface area contributed by atoms with Crippen LogP contribution in [0.5, 0.6) is 5.75 Å². The van der Waals surface area contributed by atoms with Crippen LogP contribution in [0, 0.1) is 0 Å². The molecule has 1 rings (SSSR count). The summed E-state index contributed by atoms with van der Waals surface area (Å²) in [5, 5.41) is 0. The zero-order chi connectivity index (χ0) is 11.5. The van der Waals surface area contributed by atoms with Crippen molar-refractivity contribution in [2.75, 3.05) is 5.43 Å². The lowest BCUT2D eigenvalue weighted by Gasteiger charge is -2.12. The summed E-state index contributed by atoms with van der Waals surface area (Å²) in [5.41, 5.74) is 3.13. The fourth-order valence-electron chi connectivity index (χ4n) is 1.00. The lowest BCUT2D eigenvalue weighted by Crippen LogP contribution is -2.17. The van der Waals surface area contributed by atoms with Crippen molar-refractivity contribution < 1.29 is 17.9 Å². The molecule has 0 amide bonds. The summed E-state index contributed by atoms with van der Waals surface area (Å²) in [6.07, 6.45) is -4.71. The summed E-state index contributed by atoms with van der Waals surface area (Å²) in [7, 11) is 0. The van der Waals surface area contributed by atoms with Crippen molar-refractivity contribution in [2.24, 2.45) is 5.84 Å². The fourth-order valence-corrected chi connectivity index (χ4v) is 1.24. The van der Waals surface area contributed by atoms with Gasteiger partial charge >= 0.3 is 6.36 Å². The Morgan fingerprint density at radius 3 is 2.53 bits per heavy atom. The standard InChI is InChI=1S/C8H8ClF3N2O/c9-4-5-1-2-6(3-7(5)14-13)15-8(10,11)12/h1-3,14H,4,13H2. The predicted molar refractivity (Wildman–Crippen MR) is 50.5 cm³/mol. The van der Waals surface area contributed by atoms with Crippen molar-refractivity contribution in [1.29, 1.82) is 0 Å². The molecule has 0 aliphatic heterocycles. The lowest BCUT2D eigenvalue weighted by molar-refractivity contribution is -0.274. The zero-order valence-electron chi connectivity index (χ0n) is 7.44. The highest BCUT2D eigenvalue weighted by molar-refractivity contribution is 6.17. The average molecular weight is 241 g/mol. The molecule has 0 heterocycles. The first-order valence-electron chi connectivity index (χ1n) is 3.87. The Labute approximate surface area is 88.9 Å². The van der Waals surface area contributed by atoms with Gasteiger partial charge in [0.25, 0.3) is 0 Å². The fraction of sp³-hybridized carbons (Fsp3) is 0.250. The highest BCUT2D eigenvalue weighted by atomic mass is 35.5. The van der Waals surface area contributed by atoms with Crippen molar-refractivity contribution in [3.8, 4) is 5.75 Å². The molecule has 3 nitrogen and oxygen atoms in total. The van der Waals surface area contributed by atoms with Gasteiger partial charge in [0.05, 0.1) is 5.69 Å². The van der Waals surface area contributed by atoms with Crippen LogP contribution < -0.4 is 16.0 Å². The van der Waals surface area contributed by atoms with E-state index in [-0.39, 0.29) is 11.6 Å². The van der Waals surface area contributed by atoms with Crippen LogP contribution in [-0.4, -0.2) is 6.36 Å². The number of ether oxygens (including phenoxy) is 1.